The predicted molar refractivity (Wildman–Crippen MR) is 24.4 cm³/mol. The number of hydrogen-bond donors (Lipinski definition) is 1. The van der Waals surface area contributed by atoms with Gasteiger partial charge in [0.15, 0.2) is 0 Å². The molecule has 0 unspecified atom stereocenters. The molecule has 0 aliphatic rings. The van der Waals surface area contributed by atoms with E-state index in [1.54, 1.807) is 6.07 Å². The van der Waals surface area contributed by atoms with Crippen molar-refractivity contribution in [2.45, 2.75) is 0 Å². The molecule has 3 heteroatoms. The summed E-state index contributed by atoms with van der Waals surface area (Å²) >= 11 is 0. The van der Waals surface area contributed by atoms with Gasteiger partial charge in [-0.15, -0.1) is 0 Å². The Bertz CT molecular complexity index is 54.3. The van der Waals surface area contributed by atoms with Gasteiger partial charge in [-0.05, 0) is 0 Å². The van der Waals surface area contributed by atoms with E-state index in [4.69, 9.17) is 5.26 Å². The molecule has 6 heavy (non-hydrogen) atoms. The molecule has 5 N–H and O–H groups in total. The van der Waals surface area contributed by atoms with Gasteiger partial charge in [0.1, 0.15) is 0 Å². The average molecular weight is 88.1 g/mol. The number of nitriles is 1. The molecule has 0 aromatic heterocycles. The highest BCUT2D eigenvalue weighted by Gasteiger charge is 1.34. The van der Waals surface area contributed by atoms with E-state index < -0.39 is 0 Å². The van der Waals surface area contributed by atoms with Crippen molar-refractivity contribution in [2.24, 2.45) is 0 Å². The fourth-order valence-corrected chi connectivity index (χ4v) is 0. The number of hydrogen-bond acceptors (Lipinski definition) is 2. The molecular weight excluding hydrogens is 80.0 g/mol. The second kappa shape index (κ2) is 31.1. The topological polar surface area (TPSA) is 90.3 Å². The van der Waals surface area contributed by atoms with E-state index in [0.29, 0.717) is 0 Å². The number of allylic oxidation sites excluding steroid dienone is 1. The van der Waals surface area contributed by atoms with E-state index >= 15 is 0 Å². The minimum absolute atomic E-state index is 0. The van der Waals surface area contributed by atoms with Crippen molar-refractivity contribution >= 4 is 0 Å². The normalized spacial score (nSPS) is 2.50. The van der Waals surface area contributed by atoms with Crippen molar-refractivity contribution < 1.29 is 5.48 Å². The first kappa shape index (κ1) is 19.2. The molecule has 0 aromatic carbocycles. The maximum Gasteiger partial charge on any atom is 0.0905 e. The van der Waals surface area contributed by atoms with Gasteiger partial charge in [0, 0.05) is 6.08 Å². The largest absolute Gasteiger partial charge is 0.412 e. The fourth-order valence-electron chi connectivity index (χ4n) is 0. The minimum atomic E-state index is 0. The second-order valence-corrected chi connectivity index (χ2v) is 0.333. The van der Waals surface area contributed by atoms with Crippen LogP contribution in [-0.4, -0.2) is 5.48 Å². The van der Waals surface area contributed by atoms with Gasteiger partial charge in [-0.25, -0.2) is 0 Å². The van der Waals surface area contributed by atoms with Crippen LogP contribution in [0.3, 0.4) is 0 Å². The zero-order chi connectivity index (χ0) is 3.41. The molecule has 3 nitrogen and oxygen atoms in total. The number of nitrogens with zero attached hydrogens (tertiary/aromatic N) is 1. The lowest BCUT2D eigenvalue weighted by Gasteiger charge is -1.31. The van der Waals surface area contributed by atoms with Gasteiger partial charge >= 0.3 is 0 Å². The molecule has 0 aliphatic carbocycles. The zero-order valence-corrected chi connectivity index (χ0v) is 3.44. The minimum Gasteiger partial charge on any atom is -0.412 e. The standard InChI is InChI=1S/C3H3N.H3N.H2O/c1-2-3-4;;/h2H,1H2;1H3;1H2. The van der Waals surface area contributed by atoms with Crippen LogP contribution in [0.1, 0.15) is 0 Å². The van der Waals surface area contributed by atoms with E-state index in [1.807, 2.05) is 0 Å². The van der Waals surface area contributed by atoms with Gasteiger partial charge in [0.05, 0.1) is 6.07 Å². The Labute approximate surface area is 36.8 Å². The van der Waals surface area contributed by atoms with Crippen molar-refractivity contribution in [2.75, 3.05) is 0 Å². The molecule has 0 bridgehead atoms. The molecule has 0 saturated carbocycles. The Hall–Kier alpha value is -0.850. The van der Waals surface area contributed by atoms with Crippen LogP contribution in [0, 0.1) is 11.3 Å². The van der Waals surface area contributed by atoms with Crippen LogP contribution in [0.25, 0.3) is 0 Å². The van der Waals surface area contributed by atoms with Crippen LogP contribution in [0.4, 0.5) is 0 Å². The average Bonchev–Trinajstić information content (AvgIpc) is 1.37. The van der Waals surface area contributed by atoms with Gasteiger partial charge in [0.25, 0.3) is 0 Å². The Balaban J connectivity index is -0.0000000450. The lowest BCUT2D eigenvalue weighted by molar-refractivity contribution is 0.824. The highest BCUT2D eigenvalue weighted by molar-refractivity contribution is 4.93. The van der Waals surface area contributed by atoms with Crippen molar-refractivity contribution in [1.82, 2.24) is 6.15 Å². The Morgan fingerprint density at radius 1 is 1.67 bits per heavy atom. The lowest BCUT2D eigenvalue weighted by Crippen LogP contribution is -1.23. The van der Waals surface area contributed by atoms with Gasteiger partial charge in [-0.1, -0.05) is 6.58 Å². The first-order valence-electron chi connectivity index (χ1n) is 0.921. The SMILES string of the molecule is C=CC#N.N.O. The maximum absolute atomic E-state index is 7.51. The summed E-state index contributed by atoms with van der Waals surface area (Å²) < 4.78 is 0. The summed E-state index contributed by atoms with van der Waals surface area (Å²) in [6, 6.07) is 1.69. The van der Waals surface area contributed by atoms with Crippen LogP contribution in [0.2, 0.25) is 0 Å². The third kappa shape index (κ3) is 647. The first-order valence-corrected chi connectivity index (χ1v) is 0.921. The van der Waals surface area contributed by atoms with Crippen LogP contribution < -0.4 is 6.15 Å². The third-order valence-electron chi connectivity index (χ3n) is 0.0913. The van der Waals surface area contributed by atoms with Gasteiger partial charge in [0.2, 0.25) is 0 Å². The summed E-state index contributed by atoms with van der Waals surface area (Å²) in [6.07, 6.45) is 1.18. The maximum atomic E-state index is 7.51. The van der Waals surface area contributed by atoms with Crippen molar-refractivity contribution in [3.8, 4) is 6.07 Å². The van der Waals surface area contributed by atoms with Crippen LogP contribution in [-0.2, 0) is 0 Å². The highest BCUT2D eigenvalue weighted by atomic mass is 16.0. The molecule has 0 saturated heterocycles. The van der Waals surface area contributed by atoms with Crippen molar-refractivity contribution in [3.63, 3.8) is 0 Å². The quantitative estimate of drug-likeness (QED) is 0.423. The zero-order valence-electron chi connectivity index (χ0n) is 3.44. The molecule has 0 radical (unpaired) electrons. The summed E-state index contributed by atoms with van der Waals surface area (Å²) in [6.45, 7) is 3.12. The third-order valence-corrected chi connectivity index (χ3v) is 0.0913. The molecule has 0 heterocycles. The molecule has 0 fully saturated rings. The van der Waals surface area contributed by atoms with Gasteiger partial charge in [-0.2, -0.15) is 5.26 Å². The second-order valence-electron chi connectivity index (χ2n) is 0.333. The van der Waals surface area contributed by atoms with E-state index in [1.165, 1.54) is 6.08 Å². The predicted octanol–water partition coefficient (Wildman–Crippen LogP) is 0.0333. The highest BCUT2D eigenvalue weighted by Crippen LogP contribution is 1.41. The van der Waals surface area contributed by atoms with Gasteiger partial charge < -0.3 is 11.6 Å². The fraction of sp³-hybridized carbons (Fsp3) is 0. The van der Waals surface area contributed by atoms with E-state index in [9.17, 15) is 0 Å². The van der Waals surface area contributed by atoms with Crippen LogP contribution in [0.15, 0.2) is 12.7 Å². The summed E-state index contributed by atoms with van der Waals surface area (Å²) in [5, 5.41) is 7.51. The molecule has 0 amide bonds. The summed E-state index contributed by atoms with van der Waals surface area (Å²) in [7, 11) is 0. The van der Waals surface area contributed by atoms with Gasteiger partial charge in [-0.3, -0.25) is 0 Å². The Kier molecular flexibility index (Phi) is 99.6. The number of rotatable bonds is 0. The van der Waals surface area contributed by atoms with E-state index in [2.05, 4.69) is 6.58 Å². The van der Waals surface area contributed by atoms with Crippen LogP contribution >= 0.6 is 0 Å². The Morgan fingerprint density at radius 2 is 1.83 bits per heavy atom. The van der Waals surface area contributed by atoms with E-state index in [0.717, 1.165) is 0 Å². The first-order chi connectivity index (χ1) is 1.91. The molecule has 0 rings (SSSR count). The Morgan fingerprint density at radius 3 is 1.83 bits per heavy atom. The summed E-state index contributed by atoms with van der Waals surface area (Å²) in [5.74, 6) is 0. The van der Waals surface area contributed by atoms with Crippen molar-refractivity contribution in [3.05, 3.63) is 12.7 Å². The molecular formula is C3H8N2O. The molecule has 0 aromatic rings. The van der Waals surface area contributed by atoms with Crippen molar-refractivity contribution in [1.29, 1.82) is 5.26 Å². The molecule has 0 atom stereocenters. The monoisotopic (exact) mass is 88.1 g/mol. The van der Waals surface area contributed by atoms with E-state index in [-0.39, 0.29) is 11.6 Å². The molecule has 0 aliphatic heterocycles. The lowest BCUT2D eigenvalue weighted by atomic mass is 10.8. The molecule has 36 valence electrons. The molecule has 0 spiro atoms. The van der Waals surface area contributed by atoms with Crippen LogP contribution in [0.5, 0.6) is 0 Å². The summed E-state index contributed by atoms with van der Waals surface area (Å²) in [4.78, 5) is 0. The summed E-state index contributed by atoms with van der Waals surface area (Å²) in [5.41, 5.74) is 0. The smallest absolute Gasteiger partial charge is 0.0905 e.